The van der Waals surface area contributed by atoms with Crippen LogP contribution >= 0.6 is 23.9 Å². The van der Waals surface area contributed by atoms with E-state index in [-0.39, 0.29) is 0 Å². The van der Waals surface area contributed by atoms with Crippen LogP contribution in [0, 0.1) is 0 Å². The van der Waals surface area contributed by atoms with E-state index in [1.807, 2.05) is 24.3 Å². The third kappa shape index (κ3) is 7.90. The minimum absolute atomic E-state index is 0.819. The summed E-state index contributed by atoms with van der Waals surface area (Å²) in [6.07, 6.45) is 8.17. The van der Waals surface area contributed by atoms with Gasteiger partial charge in [0.25, 0.3) is 0 Å². The molecular formula is C14H24N2S2. The maximum absolute atomic E-state index is 5.64. The number of nitrogens with two attached hydrogens (primary N) is 1. The first-order chi connectivity index (χ1) is 8.83. The molecule has 18 heavy (non-hydrogen) atoms. The van der Waals surface area contributed by atoms with Crippen molar-refractivity contribution in [3.8, 4) is 0 Å². The van der Waals surface area contributed by atoms with Crippen molar-refractivity contribution in [2.24, 2.45) is 0 Å². The topological polar surface area (TPSA) is 38.0 Å². The van der Waals surface area contributed by atoms with Gasteiger partial charge in [0.1, 0.15) is 0 Å². The Labute approximate surface area is 120 Å². The number of unbranched alkanes of at least 4 members (excludes halogenated alkanes) is 5. The maximum atomic E-state index is 5.64. The number of hydrogen-bond acceptors (Lipinski definition) is 4. The Balaban J connectivity index is 1.91. The Bertz CT molecular complexity index is 301. The highest BCUT2D eigenvalue weighted by Gasteiger charge is 1.94. The second-order valence-electron chi connectivity index (χ2n) is 4.37. The average molecular weight is 284 g/mol. The Morgan fingerprint density at radius 2 is 1.67 bits per heavy atom. The van der Waals surface area contributed by atoms with Crippen LogP contribution in [0.1, 0.15) is 45.4 Å². The van der Waals surface area contributed by atoms with Gasteiger partial charge in [-0.3, -0.25) is 0 Å². The Hall–Kier alpha value is -0.320. The molecule has 0 saturated heterocycles. The zero-order valence-electron chi connectivity index (χ0n) is 11.2. The van der Waals surface area contributed by atoms with Crippen molar-refractivity contribution in [3.63, 3.8) is 0 Å². The van der Waals surface area contributed by atoms with Gasteiger partial charge in [0.15, 0.2) is 0 Å². The summed E-state index contributed by atoms with van der Waals surface area (Å²) in [5.74, 6) is 1.19. The van der Waals surface area contributed by atoms with Crippen molar-refractivity contribution >= 4 is 29.6 Å². The van der Waals surface area contributed by atoms with Crippen LogP contribution in [-0.2, 0) is 0 Å². The lowest BCUT2D eigenvalue weighted by Crippen LogP contribution is -1.93. The Kier molecular flexibility index (Phi) is 9.26. The zero-order chi connectivity index (χ0) is 13.1. The molecule has 0 aliphatic heterocycles. The molecule has 0 radical (unpaired) electrons. The molecule has 0 unspecified atom stereocenters. The van der Waals surface area contributed by atoms with Gasteiger partial charge in [-0.2, -0.15) is 0 Å². The van der Waals surface area contributed by atoms with Gasteiger partial charge in [-0.25, -0.2) is 4.13 Å². The molecular weight excluding hydrogens is 260 g/mol. The van der Waals surface area contributed by atoms with Crippen LogP contribution in [-0.4, -0.2) is 5.75 Å². The van der Waals surface area contributed by atoms with Crippen molar-refractivity contribution in [2.75, 3.05) is 11.5 Å². The molecule has 0 bridgehead atoms. The summed E-state index contributed by atoms with van der Waals surface area (Å²) in [5.41, 5.74) is 6.45. The van der Waals surface area contributed by atoms with Gasteiger partial charge < -0.3 is 5.73 Å². The van der Waals surface area contributed by atoms with E-state index in [4.69, 9.17) is 5.73 Å². The highest BCUT2D eigenvalue weighted by atomic mass is 32.2. The lowest BCUT2D eigenvalue weighted by atomic mass is 10.1. The molecule has 0 amide bonds. The van der Waals surface area contributed by atoms with Gasteiger partial charge >= 0.3 is 0 Å². The van der Waals surface area contributed by atoms with Crippen molar-refractivity contribution in [1.82, 2.24) is 4.13 Å². The van der Waals surface area contributed by atoms with Crippen molar-refractivity contribution < 1.29 is 0 Å². The monoisotopic (exact) mass is 284 g/mol. The number of nitrogens with one attached hydrogen (secondary N) is 1. The number of nitrogen functional groups attached to an aromatic ring is 1. The van der Waals surface area contributed by atoms with E-state index in [9.17, 15) is 0 Å². The number of rotatable bonds is 10. The van der Waals surface area contributed by atoms with Gasteiger partial charge in [0, 0.05) is 16.3 Å². The normalized spacial score (nSPS) is 10.7. The fourth-order valence-electron chi connectivity index (χ4n) is 1.61. The van der Waals surface area contributed by atoms with Crippen molar-refractivity contribution in [2.45, 2.75) is 50.3 Å². The van der Waals surface area contributed by atoms with Crippen LogP contribution < -0.4 is 9.86 Å². The third-order valence-corrected chi connectivity index (χ3v) is 4.50. The summed E-state index contributed by atoms with van der Waals surface area (Å²) in [6.45, 7) is 2.26. The van der Waals surface area contributed by atoms with Crippen molar-refractivity contribution in [1.29, 1.82) is 0 Å². The maximum Gasteiger partial charge on any atom is 0.0314 e. The van der Waals surface area contributed by atoms with E-state index in [1.54, 1.807) is 23.9 Å². The molecule has 3 N–H and O–H groups in total. The lowest BCUT2D eigenvalue weighted by molar-refractivity contribution is 0.627. The molecule has 102 valence electrons. The van der Waals surface area contributed by atoms with Crippen LogP contribution in [0.25, 0.3) is 0 Å². The smallest absolute Gasteiger partial charge is 0.0314 e. The van der Waals surface area contributed by atoms with Crippen molar-refractivity contribution in [3.05, 3.63) is 24.3 Å². The number of anilines is 1. The van der Waals surface area contributed by atoms with E-state index in [2.05, 4.69) is 11.1 Å². The minimum Gasteiger partial charge on any atom is -0.399 e. The molecule has 1 aromatic rings. The molecule has 0 fully saturated rings. The summed E-state index contributed by atoms with van der Waals surface area (Å²) in [5, 5.41) is 0. The van der Waals surface area contributed by atoms with Crippen LogP contribution in [0.4, 0.5) is 5.69 Å². The molecule has 0 spiro atoms. The van der Waals surface area contributed by atoms with E-state index >= 15 is 0 Å². The van der Waals surface area contributed by atoms with Crippen LogP contribution in [0.2, 0.25) is 0 Å². The molecule has 1 aromatic carbocycles. The average Bonchev–Trinajstić information content (AvgIpc) is 2.39. The first kappa shape index (κ1) is 15.7. The van der Waals surface area contributed by atoms with Gasteiger partial charge in [0.05, 0.1) is 0 Å². The fraction of sp³-hybridized carbons (Fsp3) is 0.571. The Morgan fingerprint density at radius 3 is 2.39 bits per heavy atom. The summed E-state index contributed by atoms with van der Waals surface area (Å²) in [7, 11) is 0. The standard InChI is InChI=1S/C14H24N2S2/c1-2-3-4-5-6-7-12-17-16-18-14-10-8-13(15)9-11-14/h8-11,16H,2-7,12,15H2,1H3. The summed E-state index contributed by atoms with van der Waals surface area (Å²) >= 11 is 3.46. The van der Waals surface area contributed by atoms with Gasteiger partial charge in [-0.05, 0) is 42.6 Å². The summed E-state index contributed by atoms with van der Waals surface area (Å²) in [4.78, 5) is 1.21. The van der Waals surface area contributed by atoms with Crippen LogP contribution in [0.3, 0.4) is 0 Å². The van der Waals surface area contributed by atoms with E-state index in [0.29, 0.717) is 0 Å². The molecule has 1 rings (SSSR count). The highest BCUT2D eigenvalue weighted by Crippen LogP contribution is 2.19. The first-order valence-corrected chi connectivity index (χ1v) is 8.52. The molecule has 0 atom stereocenters. The molecule has 4 heteroatoms. The molecule has 0 aliphatic carbocycles. The molecule has 2 nitrogen and oxygen atoms in total. The van der Waals surface area contributed by atoms with Crippen LogP contribution in [0.5, 0.6) is 0 Å². The first-order valence-electron chi connectivity index (χ1n) is 6.72. The molecule has 0 saturated carbocycles. The van der Waals surface area contributed by atoms with Gasteiger partial charge in [0.2, 0.25) is 0 Å². The quantitative estimate of drug-likeness (QED) is 0.365. The number of hydrogen-bond donors (Lipinski definition) is 2. The Morgan fingerprint density at radius 1 is 1.00 bits per heavy atom. The highest BCUT2D eigenvalue weighted by molar-refractivity contribution is 8.12. The summed E-state index contributed by atoms with van der Waals surface area (Å²) in [6, 6.07) is 7.95. The molecule has 0 aromatic heterocycles. The fourth-order valence-corrected chi connectivity index (χ4v) is 3.18. The molecule has 0 aliphatic rings. The van der Waals surface area contributed by atoms with E-state index in [1.165, 1.54) is 49.2 Å². The van der Waals surface area contributed by atoms with E-state index in [0.717, 1.165) is 5.69 Å². The zero-order valence-corrected chi connectivity index (χ0v) is 12.8. The minimum atomic E-state index is 0.819. The summed E-state index contributed by atoms with van der Waals surface area (Å²) < 4.78 is 3.32. The SMILES string of the molecule is CCCCCCCCSNSc1ccc(N)cc1. The van der Waals surface area contributed by atoms with Gasteiger partial charge in [-0.1, -0.05) is 51.0 Å². The van der Waals surface area contributed by atoms with Gasteiger partial charge in [-0.15, -0.1) is 0 Å². The predicted molar refractivity (Wildman–Crippen MR) is 85.7 cm³/mol. The lowest BCUT2D eigenvalue weighted by Gasteiger charge is -2.04. The second kappa shape index (κ2) is 10.6. The van der Waals surface area contributed by atoms with Crippen LogP contribution in [0.15, 0.2) is 29.2 Å². The third-order valence-electron chi connectivity index (χ3n) is 2.70. The molecule has 0 heterocycles. The second-order valence-corrected chi connectivity index (χ2v) is 6.41. The predicted octanol–water partition coefficient (Wildman–Crippen LogP) is 4.87. The van der Waals surface area contributed by atoms with E-state index < -0.39 is 0 Å². The largest absolute Gasteiger partial charge is 0.399 e. The number of benzene rings is 1.